The van der Waals surface area contributed by atoms with E-state index in [1.54, 1.807) is 27.8 Å². The van der Waals surface area contributed by atoms with E-state index in [0.29, 0.717) is 11.4 Å². The Bertz CT molecular complexity index is 577. The first-order valence-corrected chi connectivity index (χ1v) is 7.35. The Morgan fingerprint density at radius 2 is 2.05 bits per heavy atom. The van der Waals surface area contributed by atoms with Gasteiger partial charge in [-0.15, -0.1) is 0 Å². The third kappa shape index (κ3) is 3.77. The largest absolute Gasteiger partial charge is 0.481 e. The molecule has 0 saturated carbocycles. The van der Waals surface area contributed by atoms with E-state index in [-0.39, 0.29) is 23.8 Å². The molecule has 1 heterocycles. The summed E-state index contributed by atoms with van der Waals surface area (Å²) in [4.78, 5) is 10.7. The van der Waals surface area contributed by atoms with Crippen molar-refractivity contribution in [1.29, 1.82) is 0 Å². The first-order valence-electron chi connectivity index (χ1n) is 5.86. The Balaban J connectivity index is 2.85. The SMILES string of the molecule is Cc1nn(C)c(C)c1S(=O)(=O)NCC(C)CC(=O)O. The van der Waals surface area contributed by atoms with Crippen LogP contribution in [0.4, 0.5) is 0 Å². The molecule has 0 amide bonds. The van der Waals surface area contributed by atoms with Crippen LogP contribution in [0.1, 0.15) is 24.7 Å². The number of nitrogens with zero attached hydrogens (tertiary/aromatic N) is 2. The van der Waals surface area contributed by atoms with Gasteiger partial charge in [-0.3, -0.25) is 9.48 Å². The predicted octanol–water partition coefficient (Wildman–Crippen LogP) is 0.426. The normalized spacial score (nSPS) is 13.5. The lowest BCUT2D eigenvalue weighted by atomic mass is 10.1. The van der Waals surface area contributed by atoms with Crippen LogP contribution in [0.2, 0.25) is 0 Å². The van der Waals surface area contributed by atoms with Crippen molar-refractivity contribution >= 4 is 16.0 Å². The standard InChI is InChI=1S/C11H19N3O4S/c1-7(5-10(15)16)6-12-19(17,18)11-8(2)13-14(4)9(11)3/h7,12H,5-6H2,1-4H3,(H,15,16). The van der Waals surface area contributed by atoms with Crippen molar-refractivity contribution in [1.82, 2.24) is 14.5 Å². The molecule has 0 aromatic carbocycles. The lowest BCUT2D eigenvalue weighted by Crippen LogP contribution is -2.30. The van der Waals surface area contributed by atoms with Crippen molar-refractivity contribution in [2.45, 2.75) is 32.1 Å². The summed E-state index contributed by atoms with van der Waals surface area (Å²) in [6, 6.07) is 0. The van der Waals surface area contributed by atoms with Crippen molar-refractivity contribution in [2.24, 2.45) is 13.0 Å². The number of aryl methyl sites for hydroxylation is 2. The summed E-state index contributed by atoms with van der Waals surface area (Å²) in [5, 5.41) is 12.7. The highest BCUT2D eigenvalue weighted by Gasteiger charge is 2.24. The van der Waals surface area contributed by atoms with Gasteiger partial charge < -0.3 is 5.11 Å². The van der Waals surface area contributed by atoms with E-state index < -0.39 is 16.0 Å². The van der Waals surface area contributed by atoms with Gasteiger partial charge in [0.05, 0.1) is 11.4 Å². The Kier molecular flexibility index (Phi) is 4.70. The minimum Gasteiger partial charge on any atom is -0.481 e. The Morgan fingerprint density at radius 1 is 1.47 bits per heavy atom. The second-order valence-corrected chi connectivity index (χ2v) is 6.38. The molecule has 0 aliphatic heterocycles. The molecule has 1 unspecified atom stereocenters. The fourth-order valence-electron chi connectivity index (χ4n) is 1.84. The van der Waals surface area contributed by atoms with Crippen LogP contribution < -0.4 is 4.72 Å². The Hall–Kier alpha value is -1.41. The molecule has 1 aromatic heterocycles. The smallest absolute Gasteiger partial charge is 0.303 e. The summed E-state index contributed by atoms with van der Waals surface area (Å²) in [5.41, 5.74) is 0.981. The number of hydrogen-bond acceptors (Lipinski definition) is 4. The zero-order valence-electron chi connectivity index (χ0n) is 11.5. The van der Waals surface area contributed by atoms with Crippen molar-refractivity contribution < 1.29 is 18.3 Å². The number of carbonyl (C=O) groups is 1. The van der Waals surface area contributed by atoms with Crippen molar-refractivity contribution in [3.05, 3.63) is 11.4 Å². The van der Waals surface area contributed by atoms with Crippen LogP contribution in [0, 0.1) is 19.8 Å². The number of aromatic nitrogens is 2. The maximum Gasteiger partial charge on any atom is 0.303 e. The highest BCUT2D eigenvalue weighted by Crippen LogP contribution is 2.18. The number of carboxylic acids is 1. The lowest BCUT2D eigenvalue weighted by Gasteiger charge is -2.11. The molecule has 0 aliphatic rings. The number of hydrogen-bond donors (Lipinski definition) is 2. The van der Waals surface area contributed by atoms with Gasteiger partial charge in [0.25, 0.3) is 0 Å². The van der Waals surface area contributed by atoms with Gasteiger partial charge in [-0.1, -0.05) is 6.92 Å². The molecule has 1 aromatic rings. The van der Waals surface area contributed by atoms with E-state index in [4.69, 9.17) is 5.11 Å². The molecule has 0 fully saturated rings. The molecule has 1 rings (SSSR count). The third-order valence-electron chi connectivity index (χ3n) is 2.86. The van der Waals surface area contributed by atoms with Gasteiger partial charge in [0.15, 0.2) is 0 Å². The van der Waals surface area contributed by atoms with Crippen LogP contribution >= 0.6 is 0 Å². The van der Waals surface area contributed by atoms with Crippen LogP contribution in [0.25, 0.3) is 0 Å². The van der Waals surface area contributed by atoms with Gasteiger partial charge in [0, 0.05) is 20.0 Å². The van der Waals surface area contributed by atoms with Gasteiger partial charge in [0.2, 0.25) is 10.0 Å². The fourth-order valence-corrected chi connectivity index (χ4v) is 3.44. The second kappa shape index (κ2) is 5.70. The topological polar surface area (TPSA) is 101 Å². The maximum absolute atomic E-state index is 12.2. The molecular formula is C11H19N3O4S. The highest BCUT2D eigenvalue weighted by molar-refractivity contribution is 7.89. The van der Waals surface area contributed by atoms with Crippen LogP contribution in [-0.2, 0) is 21.9 Å². The van der Waals surface area contributed by atoms with Crippen molar-refractivity contribution in [3.63, 3.8) is 0 Å². The van der Waals surface area contributed by atoms with Gasteiger partial charge >= 0.3 is 5.97 Å². The second-order valence-electron chi connectivity index (χ2n) is 4.68. The summed E-state index contributed by atoms with van der Waals surface area (Å²) in [6.07, 6.45) is -0.0759. The number of aliphatic carboxylic acids is 1. The monoisotopic (exact) mass is 289 g/mol. The molecule has 0 bridgehead atoms. The summed E-state index contributed by atoms with van der Waals surface area (Å²) < 4.78 is 28.3. The van der Waals surface area contributed by atoms with Crippen molar-refractivity contribution in [3.8, 4) is 0 Å². The molecule has 0 saturated heterocycles. The number of carboxylic acid groups (broad SMARTS) is 1. The molecule has 0 aliphatic carbocycles. The lowest BCUT2D eigenvalue weighted by molar-refractivity contribution is -0.137. The molecular weight excluding hydrogens is 270 g/mol. The van der Waals surface area contributed by atoms with Gasteiger partial charge in [-0.2, -0.15) is 5.10 Å². The zero-order valence-corrected chi connectivity index (χ0v) is 12.3. The van der Waals surface area contributed by atoms with Gasteiger partial charge in [-0.05, 0) is 19.8 Å². The molecule has 7 nitrogen and oxygen atoms in total. The summed E-state index contributed by atoms with van der Waals surface area (Å²) in [5.74, 6) is -1.22. The van der Waals surface area contributed by atoms with Crippen LogP contribution in [0.3, 0.4) is 0 Å². The van der Waals surface area contributed by atoms with Crippen LogP contribution in [0.5, 0.6) is 0 Å². The summed E-state index contributed by atoms with van der Waals surface area (Å²) in [6.45, 7) is 5.07. The Morgan fingerprint density at radius 3 is 2.47 bits per heavy atom. The maximum atomic E-state index is 12.2. The average Bonchev–Trinajstić information content (AvgIpc) is 2.50. The Labute approximate surface area is 112 Å². The molecule has 108 valence electrons. The first kappa shape index (κ1) is 15.6. The third-order valence-corrected chi connectivity index (χ3v) is 4.53. The minimum atomic E-state index is -3.66. The van der Waals surface area contributed by atoms with E-state index in [2.05, 4.69) is 9.82 Å². The van der Waals surface area contributed by atoms with E-state index >= 15 is 0 Å². The number of nitrogens with one attached hydrogen (secondary N) is 1. The summed E-state index contributed by atoms with van der Waals surface area (Å²) in [7, 11) is -1.98. The van der Waals surface area contributed by atoms with E-state index in [9.17, 15) is 13.2 Å². The molecule has 0 spiro atoms. The quantitative estimate of drug-likeness (QED) is 0.790. The van der Waals surface area contributed by atoms with E-state index in [0.717, 1.165) is 0 Å². The zero-order chi connectivity index (χ0) is 14.8. The fraction of sp³-hybridized carbons (Fsp3) is 0.636. The number of sulfonamides is 1. The molecule has 8 heteroatoms. The molecule has 0 radical (unpaired) electrons. The van der Waals surface area contributed by atoms with Crippen LogP contribution in [-0.4, -0.2) is 35.8 Å². The molecule has 19 heavy (non-hydrogen) atoms. The highest BCUT2D eigenvalue weighted by atomic mass is 32.2. The van der Waals surface area contributed by atoms with E-state index in [1.807, 2.05) is 0 Å². The average molecular weight is 289 g/mol. The summed E-state index contributed by atoms with van der Waals surface area (Å²) >= 11 is 0. The molecule has 2 N–H and O–H groups in total. The first-order chi connectivity index (χ1) is 8.65. The van der Waals surface area contributed by atoms with E-state index in [1.165, 1.54) is 4.68 Å². The predicted molar refractivity (Wildman–Crippen MR) is 69.3 cm³/mol. The van der Waals surface area contributed by atoms with Crippen LogP contribution in [0.15, 0.2) is 4.90 Å². The van der Waals surface area contributed by atoms with Crippen molar-refractivity contribution in [2.75, 3.05) is 6.54 Å². The minimum absolute atomic E-state index is 0.0759. The van der Waals surface area contributed by atoms with Gasteiger partial charge in [-0.25, -0.2) is 13.1 Å². The number of rotatable bonds is 6. The molecule has 1 atom stereocenters. The van der Waals surface area contributed by atoms with Gasteiger partial charge in [0.1, 0.15) is 4.90 Å².